The van der Waals surface area contributed by atoms with E-state index in [4.69, 9.17) is 11.0 Å². The molecule has 80 valence electrons. The topological polar surface area (TPSA) is 49.8 Å². The minimum absolute atomic E-state index is 0.573. The molecule has 0 saturated carbocycles. The first-order valence-corrected chi connectivity index (χ1v) is 5.80. The van der Waals surface area contributed by atoms with E-state index < -0.39 is 0 Å². The molecule has 0 radical (unpaired) electrons. The van der Waals surface area contributed by atoms with Crippen LogP contribution in [0.2, 0.25) is 0 Å². The molecule has 0 unspecified atom stereocenters. The zero-order chi connectivity index (χ0) is 11.7. The van der Waals surface area contributed by atoms with Gasteiger partial charge in [0.2, 0.25) is 0 Å². The van der Waals surface area contributed by atoms with E-state index in [1.807, 2.05) is 6.07 Å². The number of thiophene rings is 1. The fraction of sp³-hybridized carbons (Fsp3) is 0.154. The van der Waals surface area contributed by atoms with Gasteiger partial charge < -0.3 is 5.73 Å². The first kappa shape index (κ1) is 10.7. The second-order valence-corrected chi connectivity index (χ2v) is 4.88. The SMILES string of the molecule is Cc1ccc(C)c(-c2cc(N)c(C#N)s2)c1. The van der Waals surface area contributed by atoms with E-state index in [9.17, 15) is 0 Å². The fourth-order valence-corrected chi connectivity index (χ4v) is 2.58. The van der Waals surface area contributed by atoms with E-state index in [-0.39, 0.29) is 0 Å². The maximum Gasteiger partial charge on any atom is 0.128 e. The van der Waals surface area contributed by atoms with Crippen molar-refractivity contribution < 1.29 is 0 Å². The van der Waals surface area contributed by atoms with Gasteiger partial charge in [-0.2, -0.15) is 5.26 Å². The molecule has 2 aromatic rings. The van der Waals surface area contributed by atoms with Crippen LogP contribution < -0.4 is 5.73 Å². The van der Waals surface area contributed by atoms with Crippen LogP contribution in [0.25, 0.3) is 10.4 Å². The lowest BCUT2D eigenvalue weighted by Crippen LogP contribution is -1.83. The summed E-state index contributed by atoms with van der Waals surface area (Å²) < 4.78 is 0. The Morgan fingerprint density at radius 1 is 1.25 bits per heavy atom. The Kier molecular flexibility index (Phi) is 2.67. The van der Waals surface area contributed by atoms with Crippen LogP contribution in [0.3, 0.4) is 0 Å². The fourth-order valence-electron chi connectivity index (χ4n) is 1.63. The third kappa shape index (κ3) is 1.80. The van der Waals surface area contributed by atoms with Gasteiger partial charge in [0.1, 0.15) is 10.9 Å². The van der Waals surface area contributed by atoms with E-state index >= 15 is 0 Å². The van der Waals surface area contributed by atoms with Crippen LogP contribution in [0.15, 0.2) is 24.3 Å². The second-order valence-electron chi connectivity index (χ2n) is 3.83. The number of nitrogens with zero attached hydrogens (tertiary/aromatic N) is 1. The van der Waals surface area contributed by atoms with Gasteiger partial charge in [-0.05, 0) is 31.0 Å². The van der Waals surface area contributed by atoms with Crippen molar-refractivity contribution in [1.82, 2.24) is 0 Å². The van der Waals surface area contributed by atoms with Gasteiger partial charge in [-0.3, -0.25) is 0 Å². The molecular weight excluding hydrogens is 216 g/mol. The van der Waals surface area contributed by atoms with Gasteiger partial charge in [0.25, 0.3) is 0 Å². The Labute approximate surface area is 99.0 Å². The molecule has 1 aromatic carbocycles. The molecule has 0 aliphatic heterocycles. The summed E-state index contributed by atoms with van der Waals surface area (Å²) in [6, 6.07) is 10.3. The maximum absolute atomic E-state index is 8.88. The van der Waals surface area contributed by atoms with Crippen LogP contribution in [-0.4, -0.2) is 0 Å². The first-order valence-electron chi connectivity index (χ1n) is 4.99. The molecule has 0 amide bonds. The van der Waals surface area contributed by atoms with E-state index in [0.29, 0.717) is 10.6 Å². The Morgan fingerprint density at radius 2 is 2.00 bits per heavy atom. The first-order chi connectivity index (χ1) is 7.61. The molecule has 0 saturated heterocycles. The highest BCUT2D eigenvalue weighted by Crippen LogP contribution is 2.34. The largest absolute Gasteiger partial charge is 0.397 e. The Balaban J connectivity index is 2.59. The summed E-state index contributed by atoms with van der Waals surface area (Å²) in [5.74, 6) is 0. The number of hydrogen-bond acceptors (Lipinski definition) is 3. The summed E-state index contributed by atoms with van der Waals surface area (Å²) in [5, 5.41) is 8.88. The van der Waals surface area contributed by atoms with E-state index in [0.717, 1.165) is 4.88 Å². The molecule has 0 fully saturated rings. The molecule has 0 aliphatic rings. The minimum atomic E-state index is 0.573. The van der Waals surface area contributed by atoms with E-state index in [1.165, 1.54) is 28.0 Å². The van der Waals surface area contributed by atoms with E-state index in [1.54, 1.807) is 0 Å². The van der Waals surface area contributed by atoms with Crippen molar-refractivity contribution in [2.24, 2.45) is 0 Å². The van der Waals surface area contributed by atoms with Crippen LogP contribution >= 0.6 is 11.3 Å². The smallest absolute Gasteiger partial charge is 0.128 e. The highest BCUT2D eigenvalue weighted by Gasteiger charge is 2.09. The Bertz CT molecular complexity index is 576. The summed E-state index contributed by atoms with van der Waals surface area (Å²) in [6.45, 7) is 4.13. The molecule has 1 aromatic heterocycles. The molecule has 2 nitrogen and oxygen atoms in total. The lowest BCUT2D eigenvalue weighted by Gasteiger charge is -2.03. The number of nitrogen functional groups attached to an aromatic ring is 1. The average molecular weight is 228 g/mol. The van der Waals surface area contributed by atoms with Crippen LogP contribution in [0.5, 0.6) is 0 Å². The van der Waals surface area contributed by atoms with Gasteiger partial charge in [0.05, 0.1) is 5.69 Å². The molecule has 2 N–H and O–H groups in total. The molecule has 16 heavy (non-hydrogen) atoms. The molecule has 2 rings (SSSR count). The number of nitriles is 1. The van der Waals surface area contributed by atoms with Gasteiger partial charge >= 0.3 is 0 Å². The van der Waals surface area contributed by atoms with Gasteiger partial charge in [-0.25, -0.2) is 0 Å². The summed E-state index contributed by atoms with van der Waals surface area (Å²) >= 11 is 1.45. The van der Waals surface area contributed by atoms with Gasteiger partial charge in [0, 0.05) is 4.88 Å². The summed E-state index contributed by atoms with van der Waals surface area (Å²) in [6.07, 6.45) is 0. The molecule has 1 heterocycles. The minimum Gasteiger partial charge on any atom is -0.397 e. The number of anilines is 1. The third-order valence-electron chi connectivity index (χ3n) is 2.52. The molecular formula is C13H12N2S. The van der Waals surface area contributed by atoms with Crippen molar-refractivity contribution in [1.29, 1.82) is 5.26 Å². The third-order valence-corrected chi connectivity index (χ3v) is 3.61. The highest BCUT2D eigenvalue weighted by molar-refractivity contribution is 7.16. The molecule has 3 heteroatoms. The second kappa shape index (κ2) is 3.99. The zero-order valence-electron chi connectivity index (χ0n) is 9.24. The molecule has 0 aliphatic carbocycles. The zero-order valence-corrected chi connectivity index (χ0v) is 10.1. The summed E-state index contributed by atoms with van der Waals surface area (Å²) in [5.41, 5.74) is 9.92. The highest BCUT2D eigenvalue weighted by atomic mass is 32.1. The number of aryl methyl sites for hydroxylation is 2. The predicted octanol–water partition coefficient (Wildman–Crippen LogP) is 3.49. The van der Waals surface area contributed by atoms with E-state index in [2.05, 4.69) is 38.1 Å². The predicted molar refractivity (Wildman–Crippen MR) is 68.4 cm³/mol. The summed E-state index contributed by atoms with van der Waals surface area (Å²) in [7, 11) is 0. The standard InChI is InChI=1S/C13H12N2S/c1-8-3-4-9(2)10(5-8)12-6-11(15)13(7-14)16-12/h3-6H,15H2,1-2H3. The van der Waals surface area contributed by atoms with Crippen molar-refractivity contribution >= 4 is 17.0 Å². The van der Waals surface area contributed by atoms with Gasteiger partial charge in [0.15, 0.2) is 0 Å². The molecule has 0 bridgehead atoms. The maximum atomic E-state index is 8.88. The lowest BCUT2D eigenvalue weighted by molar-refractivity contribution is 1.40. The van der Waals surface area contributed by atoms with Crippen molar-refractivity contribution in [3.8, 4) is 16.5 Å². The van der Waals surface area contributed by atoms with Crippen molar-refractivity contribution in [2.75, 3.05) is 5.73 Å². The summed E-state index contributed by atoms with van der Waals surface area (Å²) in [4.78, 5) is 1.66. The average Bonchev–Trinajstić information content (AvgIpc) is 2.63. The quantitative estimate of drug-likeness (QED) is 0.812. The molecule has 0 atom stereocenters. The van der Waals surface area contributed by atoms with Gasteiger partial charge in [-0.15, -0.1) is 11.3 Å². The van der Waals surface area contributed by atoms with Crippen LogP contribution in [0.1, 0.15) is 16.0 Å². The normalized spacial score (nSPS) is 10.1. The molecule has 0 spiro atoms. The van der Waals surface area contributed by atoms with Crippen molar-refractivity contribution in [3.05, 3.63) is 40.3 Å². The number of benzene rings is 1. The van der Waals surface area contributed by atoms with Crippen molar-refractivity contribution in [3.63, 3.8) is 0 Å². The number of nitrogens with two attached hydrogens (primary N) is 1. The van der Waals surface area contributed by atoms with Crippen LogP contribution in [0.4, 0.5) is 5.69 Å². The number of rotatable bonds is 1. The van der Waals surface area contributed by atoms with Crippen LogP contribution in [0, 0.1) is 25.2 Å². The lowest BCUT2D eigenvalue weighted by atomic mass is 10.0. The monoisotopic (exact) mass is 228 g/mol. The Morgan fingerprint density at radius 3 is 2.62 bits per heavy atom. The van der Waals surface area contributed by atoms with Gasteiger partial charge in [-0.1, -0.05) is 23.8 Å². The number of hydrogen-bond donors (Lipinski definition) is 1. The van der Waals surface area contributed by atoms with Crippen LogP contribution in [-0.2, 0) is 0 Å². The Hall–Kier alpha value is -1.79. The van der Waals surface area contributed by atoms with Crippen molar-refractivity contribution in [2.45, 2.75) is 13.8 Å².